The van der Waals surface area contributed by atoms with Gasteiger partial charge in [0.05, 0.1) is 6.54 Å². The van der Waals surface area contributed by atoms with E-state index in [0.29, 0.717) is 12.4 Å². The Balaban J connectivity index is 1.75. The van der Waals surface area contributed by atoms with Gasteiger partial charge in [-0.15, -0.1) is 0 Å². The predicted molar refractivity (Wildman–Crippen MR) is 103 cm³/mol. The fourth-order valence-corrected chi connectivity index (χ4v) is 3.73. The van der Waals surface area contributed by atoms with Gasteiger partial charge in [0.15, 0.2) is 0 Å². The number of aromatic nitrogens is 2. The molecule has 26 heavy (non-hydrogen) atoms. The van der Waals surface area contributed by atoms with Crippen molar-refractivity contribution in [2.45, 2.75) is 52.1 Å². The fraction of sp³-hybridized carbons (Fsp3) is 0.476. The number of likely N-dealkylation sites (N-methyl/N-ethyl adjacent to an activating group) is 1. The summed E-state index contributed by atoms with van der Waals surface area (Å²) < 4.78 is 0. The summed E-state index contributed by atoms with van der Waals surface area (Å²) in [5.41, 5.74) is 5.66. The summed E-state index contributed by atoms with van der Waals surface area (Å²) in [6.07, 6.45) is 4.49. The lowest BCUT2D eigenvalue weighted by molar-refractivity contribution is -0.126. The molecule has 5 nitrogen and oxygen atoms in total. The van der Waals surface area contributed by atoms with Crippen LogP contribution in [0, 0.1) is 13.8 Å². The first-order valence-corrected chi connectivity index (χ1v) is 9.32. The predicted octanol–water partition coefficient (Wildman–Crippen LogP) is 2.89. The van der Waals surface area contributed by atoms with Gasteiger partial charge in [-0.3, -0.25) is 9.69 Å². The maximum absolute atomic E-state index is 12.9. The first-order valence-electron chi connectivity index (χ1n) is 9.32. The number of rotatable bonds is 5. The van der Waals surface area contributed by atoms with Gasteiger partial charge >= 0.3 is 0 Å². The summed E-state index contributed by atoms with van der Waals surface area (Å²) in [6, 6.07) is 7.69. The molecule has 1 heterocycles. The highest BCUT2D eigenvalue weighted by Crippen LogP contribution is 2.23. The van der Waals surface area contributed by atoms with Gasteiger partial charge in [-0.05, 0) is 70.3 Å². The number of nitrogens with zero attached hydrogens (tertiary/aromatic N) is 3. The van der Waals surface area contributed by atoms with Crippen LogP contribution in [0.15, 0.2) is 24.3 Å². The zero-order chi connectivity index (χ0) is 18.7. The average molecular weight is 352 g/mol. The Morgan fingerprint density at radius 3 is 2.62 bits per heavy atom. The zero-order valence-corrected chi connectivity index (χ0v) is 16.2. The lowest BCUT2D eigenvalue weighted by atomic mass is 9.95. The van der Waals surface area contributed by atoms with Crippen LogP contribution in [0.4, 0.5) is 0 Å². The Kier molecular flexibility index (Phi) is 5.67. The molecule has 1 atom stereocenters. The van der Waals surface area contributed by atoms with E-state index in [2.05, 4.69) is 10.3 Å². The van der Waals surface area contributed by atoms with E-state index in [1.807, 2.05) is 57.1 Å². The molecule has 0 unspecified atom stereocenters. The maximum atomic E-state index is 12.9. The van der Waals surface area contributed by atoms with Gasteiger partial charge in [0.2, 0.25) is 5.91 Å². The van der Waals surface area contributed by atoms with Crippen LogP contribution in [-0.4, -0.2) is 34.9 Å². The number of nitrogens with one attached hydrogen (secondary N) is 1. The van der Waals surface area contributed by atoms with E-state index >= 15 is 0 Å². The molecule has 2 aromatic rings. The minimum atomic E-state index is -0.324. The third kappa shape index (κ3) is 3.93. The standard InChI is InChI=1S/C21H28N4O/c1-14-9-5-6-10-16(14)20(25(3)4)21(26)22-13-19-23-15(2)17-11-7-8-12-18(17)24-19/h5-6,9-10,20H,7-8,11-13H2,1-4H3,(H,22,26)/t20-/m1/s1. The highest BCUT2D eigenvalue weighted by atomic mass is 16.2. The van der Waals surface area contributed by atoms with Gasteiger partial charge in [-0.25, -0.2) is 9.97 Å². The number of carbonyl (C=O) groups excluding carboxylic acids is 1. The van der Waals surface area contributed by atoms with Crippen LogP contribution in [0.25, 0.3) is 0 Å². The van der Waals surface area contributed by atoms with E-state index in [9.17, 15) is 4.79 Å². The summed E-state index contributed by atoms with van der Waals surface area (Å²) in [6.45, 7) is 4.45. The minimum Gasteiger partial charge on any atom is -0.347 e. The lowest BCUT2D eigenvalue weighted by Gasteiger charge is -2.25. The Hall–Kier alpha value is -2.27. The van der Waals surface area contributed by atoms with Crippen molar-refractivity contribution in [2.24, 2.45) is 0 Å². The molecule has 0 radical (unpaired) electrons. The summed E-state index contributed by atoms with van der Waals surface area (Å²) in [5.74, 6) is 0.682. The van der Waals surface area contributed by atoms with Crippen molar-refractivity contribution < 1.29 is 4.79 Å². The normalized spacial score (nSPS) is 14.8. The molecule has 5 heteroatoms. The van der Waals surface area contributed by atoms with Crippen molar-refractivity contribution in [3.8, 4) is 0 Å². The molecule has 0 fully saturated rings. The molecule has 1 aromatic carbocycles. The highest BCUT2D eigenvalue weighted by molar-refractivity contribution is 5.83. The topological polar surface area (TPSA) is 58.1 Å². The SMILES string of the molecule is Cc1ccccc1[C@H](C(=O)NCc1nc(C)c2c(n1)CCCC2)N(C)C. The molecule has 1 amide bonds. The fourth-order valence-electron chi connectivity index (χ4n) is 3.73. The Morgan fingerprint density at radius 2 is 1.88 bits per heavy atom. The molecule has 138 valence electrons. The lowest BCUT2D eigenvalue weighted by Crippen LogP contribution is -2.37. The average Bonchev–Trinajstić information content (AvgIpc) is 2.61. The van der Waals surface area contributed by atoms with Gasteiger partial charge in [0, 0.05) is 11.4 Å². The molecule has 3 rings (SSSR count). The van der Waals surface area contributed by atoms with E-state index < -0.39 is 0 Å². The molecule has 0 saturated carbocycles. The van der Waals surface area contributed by atoms with Crippen LogP contribution in [0.3, 0.4) is 0 Å². The van der Waals surface area contributed by atoms with Crippen molar-refractivity contribution in [3.63, 3.8) is 0 Å². The molecular weight excluding hydrogens is 324 g/mol. The Bertz CT molecular complexity index is 801. The molecule has 1 aliphatic rings. The highest BCUT2D eigenvalue weighted by Gasteiger charge is 2.24. The third-order valence-electron chi connectivity index (χ3n) is 5.10. The number of carbonyl (C=O) groups is 1. The van der Waals surface area contributed by atoms with E-state index in [-0.39, 0.29) is 11.9 Å². The Morgan fingerprint density at radius 1 is 1.15 bits per heavy atom. The molecule has 1 N–H and O–H groups in total. The van der Waals surface area contributed by atoms with E-state index in [4.69, 9.17) is 4.98 Å². The van der Waals surface area contributed by atoms with Crippen molar-refractivity contribution in [2.75, 3.05) is 14.1 Å². The number of aryl methyl sites for hydroxylation is 3. The van der Waals surface area contributed by atoms with E-state index in [0.717, 1.165) is 35.4 Å². The van der Waals surface area contributed by atoms with Crippen LogP contribution < -0.4 is 5.32 Å². The number of benzene rings is 1. The molecule has 1 aliphatic carbocycles. The van der Waals surface area contributed by atoms with Crippen LogP contribution in [0.1, 0.15) is 52.8 Å². The van der Waals surface area contributed by atoms with Crippen LogP contribution in [0.5, 0.6) is 0 Å². The van der Waals surface area contributed by atoms with Crippen LogP contribution in [-0.2, 0) is 24.2 Å². The van der Waals surface area contributed by atoms with Gasteiger partial charge in [-0.2, -0.15) is 0 Å². The zero-order valence-electron chi connectivity index (χ0n) is 16.2. The van der Waals surface area contributed by atoms with Gasteiger partial charge in [0.1, 0.15) is 11.9 Å². The first kappa shape index (κ1) is 18.5. The first-order chi connectivity index (χ1) is 12.5. The second-order valence-electron chi connectivity index (χ2n) is 7.30. The van der Waals surface area contributed by atoms with Gasteiger partial charge < -0.3 is 5.32 Å². The molecule has 0 bridgehead atoms. The molecule has 0 aliphatic heterocycles. The minimum absolute atomic E-state index is 0.0247. The second kappa shape index (κ2) is 7.96. The molecular formula is C21H28N4O. The van der Waals surface area contributed by atoms with Gasteiger partial charge in [-0.1, -0.05) is 24.3 Å². The largest absolute Gasteiger partial charge is 0.347 e. The van der Waals surface area contributed by atoms with Crippen LogP contribution >= 0.6 is 0 Å². The van der Waals surface area contributed by atoms with Gasteiger partial charge in [0.25, 0.3) is 0 Å². The van der Waals surface area contributed by atoms with E-state index in [1.54, 1.807) is 0 Å². The van der Waals surface area contributed by atoms with Crippen molar-refractivity contribution in [1.82, 2.24) is 20.2 Å². The summed E-state index contributed by atoms with van der Waals surface area (Å²) >= 11 is 0. The second-order valence-corrected chi connectivity index (χ2v) is 7.30. The maximum Gasteiger partial charge on any atom is 0.242 e. The van der Waals surface area contributed by atoms with Crippen molar-refractivity contribution >= 4 is 5.91 Å². The smallest absolute Gasteiger partial charge is 0.242 e. The summed E-state index contributed by atoms with van der Waals surface area (Å²) in [5, 5.41) is 3.03. The van der Waals surface area contributed by atoms with Crippen molar-refractivity contribution in [3.05, 3.63) is 58.2 Å². The molecule has 0 spiro atoms. The van der Waals surface area contributed by atoms with E-state index in [1.165, 1.54) is 18.4 Å². The summed E-state index contributed by atoms with van der Waals surface area (Å²) in [4.78, 5) is 24.1. The number of amides is 1. The molecule has 0 saturated heterocycles. The third-order valence-corrected chi connectivity index (χ3v) is 5.10. The van der Waals surface area contributed by atoms with Crippen LogP contribution in [0.2, 0.25) is 0 Å². The quantitative estimate of drug-likeness (QED) is 0.899. The monoisotopic (exact) mass is 352 g/mol. The molecule has 1 aromatic heterocycles. The number of fused-ring (bicyclic) bond motifs is 1. The number of hydrogen-bond donors (Lipinski definition) is 1. The number of hydrogen-bond acceptors (Lipinski definition) is 4. The van der Waals surface area contributed by atoms with Crippen molar-refractivity contribution in [1.29, 1.82) is 0 Å². The summed E-state index contributed by atoms with van der Waals surface area (Å²) in [7, 11) is 3.85. The Labute approximate surface area is 155 Å².